The zero-order valence-corrected chi connectivity index (χ0v) is 14.9. The molecule has 132 valence electrons. The number of anilines is 2. The summed E-state index contributed by atoms with van der Waals surface area (Å²) in [5, 5.41) is 5.24. The molecule has 0 heterocycles. The van der Waals surface area contributed by atoms with Gasteiger partial charge in [0.05, 0.1) is 0 Å². The highest BCUT2D eigenvalue weighted by atomic mass is 79.9. The van der Waals surface area contributed by atoms with Gasteiger partial charge in [-0.1, -0.05) is 22.0 Å². The molecule has 0 bridgehead atoms. The number of ether oxygens (including phenoxy) is 2. The number of benzene rings is 2. The predicted molar refractivity (Wildman–Crippen MR) is 95.2 cm³/mol. The normalized spacial score (nSPS) is 10.2. The second kappa shape index (κ2) is 9.14. The van der Waals surface area contributed by atoms with E-state index in [1.165, 1.54) is 19.2 Å². The fourth-order valence-electron chi connectivity index (χ4n) is 1.94. The lowest BCUT2D eigenvalue weighted by molar-refractivity contribution is -0.119. The fourth-order valence-corrected chi connectivity index (χ4v) is 2.27. The Hall–Kier alpha value is -2.45. The van der Waals surface area contributed by atoms with Crippen LogP contribution in [-0.2, 0) is 14.3 Å². The van der Waals surface area contributed by atoms with Crippen molar-refractivity contribution in [2.24, 2.45) is 0 Å². The standard InChI is InChI=1S/C17H16BrFN2O4/c1-24-9-16(22)20-12-3-2-4-13(8-12)21-17(23)10-25-15-6-5-11(18)7-14(15)19/h2-8H,9-10H2,1H3,(H,20,22)(H,21,23). The zero-order chi connectivity index (χ0) is 18.2. The van der Waals surface area contributed by atoms with Crippen molar-refractivity contribution in [3.8, 4) is 5.75 Å². The highest BCUT2D eigenvalue weighted by Gasteiger charge is 2.09. The molecule has 0 radical (unpaired) electrons. The third-order valence-electron chi connectivity index (χ3n) is 2.96. The lowest BCUT2D eigenvalue weighted by atomic mass is 10.2. The number of methoxy groups -OCH3 is 1. The number of rotatable bonds is 7. The first-order valence-corrected chi connectivity index (χ1v) is 8.04. The second-order valence-corrected chi connectivity index (χ2v) is 5.89. The average Bonchev–Trinajstić information content (AvgIpc) is 2.54. The summed E-state index contributed by atoms with van der Waals surface area (Å²) in [7, 11) is 1.42. The van der Waals surface area contributed by atoms with Gasteiger partial charge < -0.3 is 20.1 Å². The molecule has 0 aliphatic carbocycles. The maximum atomic E-state index is 13.6. The van der Waals surface area contributed by atoms with E-state index in [2.05, 4.69) is 26.6 Å². The fraction of sp³-hybridized carbons (Fsp3) is 0.176. The van der Waals surface area contributed by atoms with Gasteiger partial charge in [0.25, 0.3) is 5.91 Å². The van der Waals surface area contributed by atoms with E-state index in [1.807, 2.05) is 0 Å². The molecule has 0 aromatic heterocycles. The van der Waals surface area contributed by atoms with Crippen LogP contribution in [0.3, 0.4) is 0 Å². The number of nitrogens with one attached hydrogen (secondary N) is 2. The van der Waals surface area contributed by atoms with Crippen LogP contribution in [0.2, 0.25) is 0 Å². The van der Waals surface area contributed by atoms with Crippen LogP contribution in [0.4, 0.5) is 15.8 Å². The molecular formula is C17H16BrFN2O4. The van der Waals surface area contributed by atoms with Crippen LogP contribution in [0.1, 0.15) is 0 Å². The molecule has 0 saturated heterocycles. The van der Waals surface area contributed by atoms with Crippen LogP contribution < -0.4 is 15.4 Å². The summed E-state index contributed by atoms with van der Waals surface area (Å²) >= 11 is 3.14. The number of carbonyl (C=O) groups excluding carboxylic acids is 2. The monoisotopic (exact) mass is 410 g/mol. The first-order valence-electron chi connectivity index (χ1n) is 7.24. The molecule has 8 heteroatoms. The molecule has 25 heavy (non-hydrogen) atoms. The van der Waals surface area contributed by atoms with Gasteiger partial charge in [0.1, 0.15) is 6.61 Å². The molecule has 6 nitrogen and oxygen atoms in total. The maximum Gasteiger partial charge on any atom is 0.262 e. The van der Waals surface area contributed by atoms with Crippen LogP contribution in [0.5, 0.6) is 5.75 Å². The van der Waals surface area contributed by atoms with Gasteiger partial charge in [0.2, 0.25) is 5.91 Å². The number of hydrogen-bond donors (Lipinski definition) is 2. The van der Waals surface area contributed by atoms with Gasteiger partial charge in [0.15, 0.2) is 18.2 Å². The molecule has 2 rings (SSSR count). The van der Waals surface area contributed by atoms with Gasteiger partial charge in [-0.3, -0.25) is 9.59 Å². The Morgan fingerprint density at radius 2 is 1.68 bits per heavy atom. The number of carbonyl (C=O) groups is 2. The molecule has 0 fully saturated rings. The first kappa shape index (κ1) is 18.9. The summed E-state index contributed by atoms with van der Waals surface area (Å²) in [5.41, 5.74) is 0.986. The van der Waals surface area contributed by atoms with Crippen molar-refractivity contribution in [1.29, 1.82) is 0 Å². The second-order valence-electron chi connectivity index (χ2n) is 4.97. The molecule has 0 spiro atoms. The van der Waals surface area contributed by atoms with Gasteiger partial charge in [-0.05, 0) is 36.4 Å². The van der Waals surface area contributed by atoms with E-state index < -0.39 is 11.7 Å². The molecule has 0 atom stereocenters. The van der Waals surface area contributed by atoms with Crippen molar-refractivity contribution in [3.05, 3.63) is 52.8 Å². The Labute approximate surface area is 152 Å². The molecule has 0 aliphatic heterocycles. The van der Waals surface area contributed by atoms with E-state index in [1.54, 1.807) is 30.3 Å². The number of halogens is 2. The predicted octanol–water partition coefficient (Wildman–Crippen LogP) is 3.19. The van der Waals surface area contributed by atoms with Crippen molar-refractivity contribution >= 4 is 39.1 Å². The van der Waals surface area contributed by atoms with Crippen LogP contribution in [-0.4, -0.2) is 32.1 Å². The molecule has 0 saturated carbocycles. The molecule has 2 aromatic carbocycles. The van der Waals surface area contributed by atoms with Gasteiger partial charge in [0, 0.05) is 23.0 Å². The maximum absolute atomic E-state index is 13.6. The van der Waals surface area contributed by atoms with Crippen molar-refractivity contribution in [1.82, 2.24) is 0 Å². The zero-order valence-electron chi connectivity index (χ0n) is 13.3. The smallest absolute Gasteiger partial charge is 0.262 e. The lowest BCUT2D eigenvalue weighted by Crippen LogP contribution is -2.21. The number of amides is 2. The minimum Gasteiger partial charge on any atom is -0.481 e. The van der Waals surface area contributed by atoms with Crippen LogP contribution in [0, 0.1) is 5.82 Å². The largest absolute Gasteiger partial charge is 0.481 e. The van der Waals surface area contributed by atoms with E-state index in [4.69, 9.17) is 9.47 Å². The quantitative estimate of drug-likeness (QED) is 0.734. The van der Waals surface area contributed by atoms with Gasteiger partial charge >= 0.3 is 0 Å². The molecule has 2 aromatic rings. The molecular weight excluding hydrogens is 395 g/mol. The molecule has 2 N–H and O–H groups in total. The summed E-state index contributed by atoms with van der Waals surface area (Å²) in [4.78, 5) is 23.4. The van der Waals surface area contributed by atoms with Gasteiger partial charge in [-0.2, -0.15) is 0 Å². The Morgan fingerprint density at radius 1 is 1.04 bits per heavy atom. The Balaban J connectivity index is 1.90. The van der Waals surface area contributed by atoms with Crippen molar-refractivity contribution in [2.45, 2.75) is 0 Å². The van der Waals surface area contributed by atoms with E-state index >= 15 is 0 Å². The van der Waals surface area contributed by atoms with E-state index in [9.17, 15) is 14.0 Å². The summed E-state index contributed by atoms with van der Waals surface area (Å²) in [5.74, 6) is -1.34. The Kier molecular flexibility index (Phi) is 6.91. The van der Waals surface area contributed by atoms with Crippen LogP contribution in [0.25, 0.3) is 0 Å². The van der Waals surface area contributed by atoms with E-state index in [0.29, 0.717) is 15.8 Å². The van der Waals surface area contributed by atoms with Gasteiger partial charge in [-0.25, -0.2) is 4.39 Å². The summed E-state index contributed by atoms with van der Waals surface area (Å²) in [6, 6.07) is 10.9. The van der Waals surface area contributed by atoms with Gasteiger partial charge in [-0.15, -0.1) is 0 Å². The van der Waals surface area contributed by atoms with E-state index in [-0.39, 0.29) is 24.9 Å². The van der Waals surface area contributed by atoms with Crippen molar-refractivity contribution in [2.75, 3.05) is 31.0 Å². The minimum absolute atomic E-state index is 0.0149. The third-order valence-corrected chi connectivity index (χ3v) is 3.45. The van der Waals surface area contributed by atoms with Crippen LogP contribution in [0.15, 0.2) is 46.9 Å². The summed E-state index contributed by atoms with van der Waals surface area (Å²) in [6.45, 7) is -0.415. The van der Waals surface area contributed by atoms with Crippen molar-refractivity contribution < 1.29 is 23.5 Å². The number of hydrogen-bond acceptors (Lipinski definition) is 4. The average molecular weight is 411 g/mol. The SMILES string of the molecule is COCC(=O)Nc1cccc(NC(=O)COc2ccc(Br)cc2F)c1. The summed E-state index contributed by atoms with van der Waals surface area (Å²) < 4.78 is 24.1. The summed E-state index contributed by atoms with van der Waals surface area (Å²) in [6.07, 6.45) is 0. The molecule has 0 unspecified atom stereocenters. The molecule has 0 aliphatic rings. The topological polar surface area (TPSA) is 76.7 Å². The minimum atomic E-state index is -0.565. The highest BCUT2D eigenvalue weighted by Crippen LogP contribution is 2.21. The Morgan fingerprint density at radius 3 is 2.28 bits per heavy atom. The first-order chi connectivity index (χ1) is 12.0. The highest BCUT2D eigenvalue weighted by molar-refractivity contribution is 9.10. The van der Waals surface area contributed by atoms with Crippen LogP contribution >= 0.6 is 15.9 Å². The van der Waals surface area contributed by atoms with Crippen molar-refractivity contribution in [3.63, 3.8) is 0 Å². The molecule has 2 amide bonds. The van der Waals surface area contributed by atoms with E-state index in [0.717, 1.165) is 0 Å². The lowest BCUT2D eigenvalue weighted by Gasteiger charge is -2.10. The Bertz CT molecular complexity index is 770. The third kappa shape index (κ3) is 6.17.